The Morgan fingerprint density at radius 1 is 1.58 bits per heavy atom. The molecule has 3 heteroatoms. The van der Waals surface area contributed by atoms with Crippen LogP contribution in [-0.2, 0) is 0 Å². The van der Waals surface area contributed by atoms with Gasteiger partial charge >= 0.3 is 0 Å². The normalized spacial score (nSPS) is 12.5. The van der Waals surface area contributed by atoms with Crippen LogP contribution in [0.5, 0.6) is 0 Å². The van der Waals surface area contributed by atoms with Crippen LogP contribution < -0.4 is 11.5 Å². The van der Waals surface area contributed by atoms with Crippen molar-refractivity contribution in [2.75, 3.05) is 6.54 Å². The molecule has 0 bridgehead atoms. The van der Waals surface area contributed by atoms with E-state index in [1.165, 1.54) is 0 Å². The maximum Gasteiger partial charge on any atom is 0.0623 e. The third-order valence-corrected chi connectivity index (χ3v) is 1.70. The Bertz CT molecular complexity index is 253. The summed E-state index contributed by atoms with van der Waals surface area (Å²) in [6.45, 7) is 4.05. The fourth-order valence-electron chi connectivity index (χ4n) is 0.893. The number of rotatable bonds is 3. The van der Waals surface area contributed by atoms with E-state index in [1.54, 1.807) is 12.3 Å². The Labute approximate surface area is 72.1 Å². The molecule has 0 aliphatic rings. The van der Waals surface area contributed by atoms with Crippen molar-refractivity contribution in [3.63, 3.8) is 0 Å². The average molecular weight is 163 g/mol. The van der Waals surface area contributed by atoms with Gasteiger partial charge in [0.2, 0.25) is 0 Å². The fraction of sp³-hybridized carbons (Fsp3) is 0.222. The van der Waals surface area contributed by atoms with E-state index in [2.05, 4.69) is 11.6 Å². The van der Waals surface area contributed by atoms with Gasteiger partial charge in [0.15, 0.2) is 0 Å². The Morgan fingerprint density at radius 3 is 2.75 bits per heavy atom. The SMILES string of the molecule is C=Cc1ccc(C(N)CN)cn1. The van der Waals surface area contributed by atoms with E-state index in [1.807, 2.05) is 12.1 Å². The average Bonchev–Trinajstić information content (AvgIpc) is 2.17. The van der Waals surface area contributed by atoms with Crippen molar-refractivity contribution >= 4 is 6.08 Å². The second kappa shape index (κ2) is 3.99. The van der Waals surface area contributed by atoms with Gasteiger partial charge in [0, 0.05) is 18.8 Å². The number of aromatic nitrogens is 1. The van der Waals surface area contributed by atoms with Crippen LogP contribution in [0, 0.1) is 0 Å². The Hall–Kier alpha value is -1.19. The fourth-order valence-corrected chi connectivity index (χ4v) is 0.893. The molecule has 0 spiro atoms. The summed E-state index contributed by atoms with van der Waals surface area (Å²) < 4.78 is 0. The predicted molar refractivity (Wildman–Crippen MR) is 50.3 cm³/mol. The first-order valence-electron chi connectivity index (χ1n) is 3.82. The molecular formula is C9H13N3. The lowest BCUT2D eigenvalue weighted by atomic mass is 10.1. The molecule has 12 heavy (non-hydrogen) atoms. The minimum atomic E-state index is -0.114. The third kappa shape index (κ3) is 1.90. The van der Waals surface area contributed by atoms with Gasteiger partial charge in [-0.2, -0.15) is 0 Å². The molecule has 0 aliphatic heterocycles. The summed E-state index contributed by atoms with van der Waals surface area (Å²) in [5, 5.41) is 0. The lowest BCUT2D eigenvalue weighted by Gasteiger charge is -2.07. The first kappa shape index (κ1) is 8.90. The zero-order chi connectivity index (χ0) is 8.97. The molecule has 0 radical (unpaired) electrons. The molecule has 0 fully saturated rings. The van der Waals surface area contributed by atoms with Crippen molar-refractivity contribution in [2.24, 2.45) is 11.5 Å². The molecule has 0 amide bonds. The summed E-state index contributed by atoms with van der Waals surface area (Å²) >= 11 is 0. The van der Waals surface area contributed by atoms with Gasteiger partial charge in [-0.1, -0.05) is 12.6 Å². The molecule has 0 aromatic carbocycles. The summed E-state index contributed by atoms with van der Waals surface area (Å²) in [7, 11) is 0. The molecule has 64 valence electrons. The molecule has 3 nitrogen and oxygen atoms in total. The molecule has 0 saturated heterocycles. The molecule has 1 aromatic rings. The van der Waals surface area contributed by atoms with E-state index in [0.29, 0.717) is 6.54 Å². The Morgan fingerprint density at radius 2 is 2.33 bits per heavy atom. The summed E-state index contributed by atoms with van der Waals surface area (Å²) in [5.41, 5.74) is 12.9. The summed E-state index contributed by atoms with van der Waals surface area (Å²) in [4.78, 5) is 4.11. The van der Waals surface area contributed by atoms with E-state index in [9.17, 15) is 0 Å². The molecular weight excluding hydrogens is 150 g/mol. The van der Waals surface area contributed by atoms with Crippen molar-refractivity contribution in [2.45, 2.75) is 6.04 Å². The molecule has 1 aromatic heterocycles. The topological polar surface area (TPSA) is 64.9 Å². The molecule has 1 heterocycles. The molecule has 1 atom stereocenters. The van der Waals surface area contributed by atoms with E-state index >= 15 is 0 Å². The quantitative estimate of drug-likeness (QED) is 0.688. The minimum absolute atomic E-state index is 0.114. The van der Waals surface area contributed by atoms with Gasteiger partial charge in [-0.05, 0) is 17.7 Å². The van der Waals surface area contributed by atoms with Crippen molar-refractivity contribution in [3.05, 3.63) is 36.2 Å². The Balaban J connectivity index is 2.84. The van der Waals surface area contributed by atoms with Gasteiger partial charge in [-0.25, -0.2) is 0 Å². The molecule has 0 aliphatic carbocycles. The zero-order valence-corrected chi connectivity index (χ0v) is 6.90. The summed E-state index contributed by atoms with van der Waals surface area (Å²) in [6.07, 6.45) is 3.42. The minimum Gasteiger partial charge on any atom is -0.329 e. The Kier molecular flexibility index (Phi) is 2.96. The first-order chi connectivity index (χ1) is 5.77. The summed E-state index contributed by atoms with van der Waals surface area (Å²) in [5.74, 6) is 0. The number of pyridine rings is 1. The van der Waals surface area contributed by atoms with Gasteiger partial charge < -0.3 is 11.5 Å². The lowest BCUT2D eigenvalue weighted by Crippen LogP contribution is -2.20. The molecule has 1 rings (SSSR count). The number of hydrogen-bond acceptors (Lipinski definition) is 3. The van der Waals surface area contributed by atoms with Crippen LogP contribution in [0.2, 0.25) is 0 Å². The van der Waals surface area contributed by atoms with Crippen molar-refractivity contribution < 1.29 is 0 Å². The number of hydrogen-bond donors (Lipinski definition) is 2. The van der Waals surface area contributed by atoms with Crippen LogP contribution in [0.25, 0.3) is 6.08 Å². The highest BCUT2D eigenvalue weighted by Gasteiger charge is 2.02. The predicted octanol–water partition coefficient (Wildman–Crippen LogP) is 0.683. The van der Waals surface area contributed by atoms with Crippen LogP contribution in [0.3, 0.4) is 0 Å². The summed E-state index contributed by atoms with van der Waals surface area (Å²) in [6, 6.07) is 3.68. The van der Waals surface area contributed by atoms with Crippen LogP contribution in [0.15, 0.2) is 24.9 Å². The van der Waals surface area contributed by atoms with Crippen LogP contribution in [0.4, 0.5) is 0 Å². The first-order valence-corrected chi connectivity index (χ1v) is 3.82. The van der Waals surface area contributed by atoms with Crippen molar-refractivity contribution in [1.29, 1.82) is 0 Å². The maximum absolute atomic E-state index is 5.69. The standard InChI is InChI=1S/C9H13N3/c1-2-8-4-3-7(6-12-8)9(11)5-10/h2-4,6,9H,1,5,10-11H2. The largest absolute Gasteiger partial charge is 0.329 e. The van der Waals surface area contributed by atoms with Crippen LogP contribution in [-0.4, -0.2) is 11.5 Å². The van der Waals surface area contributed by atoms with E-state index in [4.69, 9.17) is 11.5 Å². The zero-order valence-electron chi connectivity index (χ0n) is 6.90. The van der Waals surface area contributed by atoms with Crippen LogP contribution in [0.1, 0.15) is 17.3 Å². The number of nitrogens with zero attached hydrogens (tertiary/aromatic N) is 1. The highest BCUT2D eigenvalue weighted by atomic mass is 14.7. The van der Waals surface area contributed by atoms with Gasteiger partial charge in [-0.15, -0.1) is 0 Å². The van der Waals surface area contributed by atoms with Crippen molar-refractivity contribution in [3.8, 4) is 0 Å². The maximum atomic E-state index is 5.69. The number of nitrogens with two attached hydrogens (primary N) is 2. The van der Waals surface area contributed by atoms with Gasteiger partial charge in [0.05, 0.1) is 5.69 Å². The molecule has 1 unspecified atom stereocenters. The van der Waals surface area contributed by atoms with E-state index in [0.717, 1.165) is 11.3 Å². The van der Waals surface area contributed by atoms with E-state index in [-0.39, 0.29) is 6.04 Å². The highest BCUT2D eigenvalue weighted by Crippen LogP contribution is 2.07. The monoisotopic (exact) mass is 163 g/mol. The van der Waals surface area contributed by atoms with Crippen molar-refractivity contribution in [1.82, 2.24) is 4.98 Å². The van der Waals surface area contributed by atoms with Gasteiger partial charge in [0.1, 0.15) is 0 Å². The lowest BCUT2D eigenvalue weighted by molar-refractivity contribution is 0.733. The van der Waals surface area contributed by atoms with E-state index < -0.39 is 0 Å². The smallest absolute Gasteiger partial charge is 0.0623 e. The van der Waals surface area contributed by atoms with Gasteiger partial charge in [0.25, 0.3) is 0 Å². The highest BCUT2D eigenvalue weighted by molar-refractivity contribution is 5.41. The van der Waals surface area contributed by atoms with Gasteiger partial charge in [-0.3, -0.25) is 4.98 Å². The van der Waals surface area contributed by atoms with Crippen LogP contribution >= 0.6 is 0 Å². The second-order valence-electron chi connectivity index (χ2n) is 2.56. The molecule has 0 saturated carbocycles. The molecule has 4 N–H and O–H groups in total. The second-order valence-corrected chi connectivity index (χ2v) is 2.56. The third-order valence-electron chi connectivity index (χ3n) is 1.70.